The highest BCUT2D eigenvalue weighted by atomic mass is 35.5. The number of benzene rings is 2. The Kier molecular flexibility index (Phi) is 10.5. The quantitative estimate of drug-likeness (QED) is 0.337. The summed E-state index contributed by atoms with van der Waals surface area (Å²) in [5.74, 6) is 1.79. The molecule has 0 radical (unpaired) electrons. The predicted molar refractivity (Wildman–Crippen MR) is 125 cm³/mol. The second kappa shape index (κ2) is 12.9. The molecule has 0 saturated carbocycles. The number of ether oxygens (including phenoxy) is 2. The molecule has 0 spiro atoms. The molecular formula is C23H28Cl3NO2. The van der Waals surface area contributed by atoms with E-state index in [2.05, 4.69) is 19.2 Å². The van der Waals surface area contributed by atoms with Crippen molar-refractivity contribution in [3.8, 4) is 11.5 Å². The summed E-state index contributed by atoms with van der Waals surface area (Å²) in [5.41, 5.74) is 3.39. The zero-order valence-electron chi connectivity index (χ0n) is 16.9. The number of nitrogens with one attached hydrogen (secondary N) is 1. The van der Waals surface area contributed by atoms with Crippen LogP contribution in [0.25, 0.3) is 0 Å². The Hall–Kier alpha value is -1.55. The average Bonchev–Trinajstić information content (AvgIpc) is 2.71. The van der Waals surface area contributed by atoms with Crippen LogP contribution < -0.4 is 14.8 Å². The normalized spacial score (nSPS) is 10.5. The molecule has 0 aliphatic heterocycles. The summed E-state index contributed by atoms with van der Waals surface area (Å²) in [5, 5.41) is 4.14. The number of anilines is 1. The smallest absolute Gasteiger partial charge is 0.125 e. The van der Waals surface area contributed by atoms with Gasteiger partial charge in [0.2, 0.25) is 0 Å². The third-order valence-corrected chi connectivity index (χ3v) is 5.02. The van der Waals surface area contributed by atoms with Gasteiger partial charge in [-0.2, -0.15) is 0 Å². The van der Waals surface area contributed by atoms with Crippen molar-refractivity contribution in [3.63, 3.8) is 0 Å². The molecule has 2 rings (SSSR count). The third kappa shape index (κ3) is 8.38. The van der Waals surface area contributed by atoms with Crippen molar-refractivity contribution in [2.24, 2.45) is 0 Å². The predicted octanol–water partition coefficient (Wildman–Crippen LogP) is 7.43. The van der Waals surface area contributed by atoms with E-state index in [0.717, 1.165) is 65.6 Å². The fourth-order valence-electron chi connectivity index (χ4n) is 2.92. The van der Waals surface area contributed by atoms with Gasteiger partial charge in [-0.1, -0.05) is 48.7 Å². The lowest BCUT2D eigenvalue weighted by atomic mass is 10.0. The average molecular weight is 457 g/mol. The Bertz CT molecular complexity index is 762. The largest absolute Gasteiger partial charge is 0.493 e. The zero-order valence-corrected chi connectivity index (χ0v) is 19.2. The molecule has 2 aromatic carbocycles. The number of halogens is 3. The topological polar surface area (TPSA) is 30.5 Å². The minimum Gasteiger partial charge on any atom is -0.493 e. The van der Waals surface area contributed by atoms with Crippen molar-refractivity contribution in [2.75, 3.05) is 25.1 Å². The maximum absolute atomic E-state index is 6.16. The number of hydrogen-bond acceptors (Lipinski definition) is 3. The van der Waals surface area contributed by atoms with E-state index >= 15 is 0 Å². The van der Waals surface area contributed by atoms with Crippen molar-refractivity contribution in [3.05, 3.63) is 63.1 Å². The first-order chi connectivity index (χ1) is 14.0. The summed E-state index contributed by atoms with van der Waals surface area (Å²) in [6, 6.07) is 11.8. The van der Waals surface area contributed by atoms with Gasteiger partial charge >= 0.3 is 0 Å². The van der Waals surface area contributed by atoms with Gasteiger partial charge in [0, 0.05) is 17.3 Å². The minimum atomic E-state index is 0.210. The van der Waals surface area contributed by atoms with Crippen LogP contribution in [0.2, 0.25) is 5.02 Å². The van der Waals surface area contributed by atoms with Crippen LogP contribution in [-0.4, -0.2) is 19.8 Å². The maximum Gasteiger partial charge on any atom is 0.125 e. The first kappa shape index (κ1) is 23.7. The highest BCUT2D eigenvalue weighted by molar-refractivity contribution is 6.55. The highest BCUT2D eigenvalue weighted by Crippen LogP contribution is 2.31. The van der Waals surface area contributed by atoms with Crippen LogP contribution in [0.15, 0.2) is 47.0 Å². The fourth-order valence-corrected chi connectivity index (χ4v) is 3.17. The molecule has 0 atom stereocenters. The molecule has 0 heterocycles. The molecule has 6 heteroatoms. The van der Waals surface area contributed by atoms with Crippen LogP contribution >= 0.6 is 34.8 Å². The van der Waals surface area contributed by atoms with Gasteiger partial charge in [0.05, 0.1) is 6.61 Å². The fraction of sp³-hybridized carbons (Fsp3) is 0.391. The first-order valence-corrected chi connectivity index (χ1v) is 11.1. The highest BCUT2D eigenvalue weighted by Gasteiger charge is 2.11. The lowest BCUT2D eigenvalue weighted by Crippen LogP contribution is -2.07. The van der Waals surface area contributed by atoms with E-state index in [0.29, 0.717) is 13.2 Å². The van der Waals surface area contributed by atoms with E-state index < -0.39 is 0 Å². The first-order valence-electron chi connectivity index (χ1n) is 9.95. The molecule has 158 valence electrons. The monoisotopic (exact) mass is 455 g/mol. The summed E-state index contributed by atoms with van der Waals surface area (Å²) in [6.07, 6.45) is 5.39. The molecule has 3 nitrogen and oxygen atoms in total. The van der Waals surface area contributed by atoms with Gasteiger partial charge in [0.1, 0.15) is 22.6 Å². The summed E-state index contributed by atoms with van der Waals surface area (Å²) >= 11 is 17.2. The zero-order chi connectivity index (χ0) is 21.1. The molecule has 0 aliphatic rings. The Morgan fingerprint density at radius 3 is 2.21 bits per heavy atom. The molecule has 0 unspecified atom stereocenters. The molecule has 0 aliphatic carbocycles. The molecule has 1 N–H and O–H groups in total. The van der Waals surface area contributed by atoms with E-state index in [9.17, 15) is 0 Å². The minimum absolute atomic E-state index is 0.210. The van der Waals surface area contributed by atoms with Crippen LogP contribution in [-0.2, 0) is 12.8 Å². The van der Waals surface area contributed by atoms with Crippen LogP contribution in [0.3, 0.4) is 0 Å². The lowest BCUT2D eigenvalue weighted by Gasteiger charge is -2.17. The van der Waals surface area contributed by atoms with Crippen molar-refractivity contribution < 1.29 is 9.47 Å². The van der Waals surface area contributed by atoms with Gasteiger partial charge < -0.3 is 14.8 Å². The van der Waals surface area contributed by atoms with Crippen molar-refractivity contribution >= 4 is 40.5 Å². The Balaban J connectivity index is 1.85. The number of unbranched alkanes of at least 4 members (excludes halogenated alkanes) is 1. The van der Waals surface area contributed by atoms with Crippen LogP contribution in [0.4, 0.5) is 5.69 Å². The molecule has 0 amide bonds. The molecule has 0 bridgehead atoms. The second-order valence-electron chi connectivity index (χ2n) is 6.57. The Morgan fingerprint density at radius 2 is 1.62 bits per heavy atom. The molecule has 2 aromatic rings. The third-order valence-electron chi connectivity index (χ3n) is 4.46. The maximum atomic E-state index is 6.16. The summed E-state index contributed by atoms with van der Waals surface area (Å²) < 4.78 is 12.1. The molecule has 0 aromatic heterocycles. The SMILES string of the molecule is CCc1cc(OCC=C(Cl)Cl)cc(CC)c1OCCCCNc1ccc(Cl)cc1. The molecule has 29 heavy (non-hydrogen) atoms. The van der Waals surface area contributed by atoms with Crippen LogP contribution in [0.5, 0.6) is 11.5 Å². The second-order valence-corrected chi connectivity index (χ2v) is 8.02. The Morgan fingerprint density at radius 1 is 0.966 bits per heavy atom. The van der Waals surface area contributed by atoms with E-state index in [1.54, 1.807) is 6.08 Å². The van der Waals surface area contributed by atoms with Gasteiger partial charge in [0.15, 0.2) is 0 Å². The lowest BCUT2D eigenvalue weighted by molar-refractivity contribution is 0.301. The van der Waals surface area contributed by atoms with Gasteiger partial charge in [-0.3, -0.25) is 0 Å². The summed E-state index contributed by atoms with van der Waals surface area (Å²) in [4.78, 5) is 0. The van der Waals surface area contributed by atoms with E-state index in [-0.39, 0.29) is 4.49 Å². The van der Waals surface area contributed by atoms with Crippen LogP contribution in [0.1, 0.15) is 37.8 Å². The van der Waals surface area contributed by atoms with E-state index in [1.165, 1.54) is 0 Å². The van der Waals surface area contributed by atoms with Gasteiger partial charge in [-0.25, -0.2) is 0 Å². The van der Waals surface area contributed by atoms with Crippen molar-refractivity contribution in [1.82, 2.24) is 0 Å². The molecule has 0 fully saturated rings. The summed E-state index contributed by atoms with van der Waals surface area (Å²) in [6.45, 7) is 6.17. The number of aryl methyl sites for hydroxylation is 2. The molecular weight excluding hydrogens is 429 g/mol. The van der Waals surface area contributed by atoms with Crippen molar-refractivity contribution in [1.29, 1.82) is 0 Å². The van der Waals surface area contributed by atoms with E-state index in [1.807, 2.05) is 36.4 Å². The van der Waals surface area contributed by atoms with Crippen molar-refractivity contribution in [2.45, 2.75) is 39.5 Å². The van der Waals surface area contributed by atoms with Gasteiger partial charge in [-0.05, 0) is 79.3 Å². The molecule has 0 saturated heterocycles. The standard InChI is InChI=1S/C23H28Cl3NO2/c1-3-17-15-21(28-14-11-22(25)26)16-18(4-2)23(17)29-13-6-5-12-27-20-9-7-19(24)8-10-20/h7-11,15-16,27H,3-6,12-14H2,1-2H3. The van der Waals surface area contributed by atoms with Crippen LogP contribution in [0, 0.1) is 0 Å². The van der Waals surface area contributed by atoms with E-state index in [4.69, 9.17) is 44.3 Å². The number of rotatable bonds is 12. The van der Waals surface area contributed by atoms with Gasteiger partial charge in [-0.15, -0.1) is 0 Å². The summed E-state index contributed by atoms with van der Waals surface area (Å²) in [7, 11) is 0. The Labute approximate surface area is 189 Å². The number of hydrogen-bond donors (Lipinski definition) is 1. The van der Waals surface area contributed by atoms with Gasteiger partial charge in [0.25, 0.3) is 0 Å².